The first kappa shape index (κ1) is 13.1. The van der Waals surface area contributed by atoms with Crippen molar-refractivity contribution in [1.29, 1.82) is 0 Å². The zero-order valence-electron chi connectivity index (χ0n) is 10.7. The van der Waals surface area contributed by atoms with Crippen LogP contribution in [0.1, 0.15) is 26.3 Å². The third-order valence-electron chi connectivity index (χ3n) is 2.66. The van der Waals surface area contributed by atoms with Crippen LogP contribution in [0.2, 0.25) is 5.02 Å². The standard InChI is InChI=1S/C14H16ClFN2/c1-14(2,3)7-8-4-11(16)9-6-10(15)13(17)18-12(9)5-8/h4-6H,7H2,1-3H3,(H2,17,18). The van der Waals surface area contributed by atoms with Gasteiger partial charge >= 0.3 is 0 Å². The van der Waals surface area contributed by atoms with E-state index in [0.717, 1.165) is 12.0 Å². The maximum Gasteiger partial charge on any atom is 0.142 e. The molecule has 18 heavy (non-hydrogen) atoms. The Kier molecular flexibility index (Phi) is 3.20. The van der Waals surface area contributed by atoms with Crippen molar-refractivity contribution < 1.29 is 4.39 Å². The number of nitrogens with two attached hydrogens (primary N) is 1. The summed E-state index contributed by atoms with van der Waals surface area (Å²) in [4.78, 5) is 4.13. The predicted octanol–water partition coefficient (Wildman–Crippen LogP) is 4.20. The minimum Gasteiger partial charge on any atom is -0.382 e. The molecule has 0 saturated heterocycles. The lowest BCUT2D eigenvalue weighted by Gasteiger charge is -2.18. The summed E-state index contributed by atoms with van der Waals surface area (Å²) < 4.78 is 14.0. The molecule has 0 atom stereocenters. The zero-order valence-corrected chi connectivity index (χ0v) is 11.5. The third kappa shape index (κ3) is 2.72. The van der Waals surface area contributed by atoms with Crippen molar-refractivity contribution in [2.75, 3.05) is 5.73 Å². The average molecular weight is 267 g/mol. The molecule has 2 rings (SSSR count). The number of benzene rings is 1. The van der Waals surface area contributed by atoms with Crippen molar-refractivity contribution in [2.45, 2.75) is 27.2 Å². The molecule has 0 spiro atoms. The Morgan fingerprint density at radius 1 is 1.28 bits per heavy atom. The molecule has 0 aliphatic rings. The molecule has 0 unspecified atom stereocenters. The number of nitrogen functional groups attached to an aromatic ring is 1. The fourth-order valence-corrected chi connectivity index (χ4v) is 2.14. The Hall–Kier alpha value is -1.35. The number of aromatic nitrogens is 1. The normalized spacial score (nSPS) is 12.1. The van der Waals surface area contributed by atoms with Crippen LogP contribution in [0, 0.1) is 11.2 Å². The van der Waals surface area contributed by atoms with Gasteiger partial charge in [-0.25, -0.2) is 9.37 Å². The summed E-state index contributed by atoms with van der Waals surface area (Å²) in [6.45, 7) is 6.33. The SMILES string of the molecule is CC(C)(C)Cc1cc(F)c2cc(Cl)c(N)nc2c1. The molecule has 0 amide bonds. The van der Waals surface area contributed by atoms with Crippen LogP contribution in [0.4, 0.5) is 10.2 Å². The van der Waals surface area contributed by atoms with Crippen LogP contribution in [-0.4, -0.2) is 4.98 Å². The molecule has 2 nitrogen and oxygen atoms in total. The Bertz CT molecular complexity index is 603. The molecule has 1 aromatic heterocycles. The average Bonchev–Trinajstić information content (AvgIpc) is 2.18. The monoisotopic (exact) mass is 266 g/mol. The minimum atomic E-state index is -0.304. The van der Waals surface area contributed by atoms with E-state index in [4.69, 9.17) is 17.3 Å². The largest absolute Gasteiger partial charge is 0.382 e. The van der Waals surface area contributed by atoms with Crippen LogP contribution in [0.5, 0.6) is 0 Å². The number of fused-ring (bicyclic) bond motifs is 1. The quantitative estimate of drug-likeness (QED) is 0.840. The van der Waals surface area contributed by atoms with Gasteiger partial charge in [-0.05, 0) is 35.6 Å². The minimum absolute atomic E-state index is 0.0953. The summed E-state index contributed by atoms with van der Waals surface area (Å²) in [5.74, 6) is -0.0716. The number of pyridine rings is 1. The van der Waals surface area contributed by atoms with Crippen molar-refractivity contribution >= 4 is 28.3 Å². The second-order valence-corrected chi connectivity index (χ2v) is 6.14. The second kappa shape index (κ2) is 4.39. The first-order valence-corrected chi connectivity index (χ1v) is 6.18. The molecule has 4 heteroatoms. The number of hydrogen-bond acceptors (Lipinski definition) is 2. The van der Waals surface area contributed by atoms with Gasteiger partial charge in [-0.2, -0.15) is 0 Å². The molecule has 2 N–H and O–H groups in total. The van der Waals surface area contributed by atoms with Gasteiger partial charge in [0.05, 0.1) is 10.5 Å². The molecule has 1 heterocycles. The van der Waals surface area contributed by atoms with E-state index >= 15 is 0 Å². The lowest BCUT2D eigenvalue weighted by Crippen LogP contribution is -2.09. The molecule has 0 aliphatic heterocycles. The molecule has 0 aliphatic carbocycles. The van der Waals surface area contributed by atoms with Crippen LogP contribution in [0.3, 0.4) is 0 Å². The van der Waals surface area contributed by atoms with Gasteiger partial charge in [0.1, 0.15) is 11.6 Å². The molecule has 0 fully saturated rings. The Labute approximate surface area is 111 Å². The summed E-state index contributed by atoms with van der Waals surface area (Å²) in [7, 11) is 0. The topological polar surface area (TPSA) is 38.9 Å². The van der Waals surface area contributed by atoms with Gasteiger partial charge in [0.25, 0.3) is 0 Å². The molecule has 96 valence electrons. The maximum absolute atomic E-state index is 14.0. The van der Waals surface area contributed by atoms with E-state index < -0.39 is 0 Å². The van der Waals surface area contributed by atoms with Gasteiger partial charge < -0.3 is 5.73 Å². The van der Waals surface area contributed by atoms with E-state index in [0.29, 0.717) is 10.9 Å². The van der Waals surface area contributed by atoms with Crippen molar-refractivity contribution in [3.8, 4) is 0 Å². The van der Waals surface area contributed by atoms with Crippen LogP contribution in [-0.2, 0) is 6.42 Å². The number of nitrogens with zero attached hydrogens (tertiary/aromatic N) is 1. The van der Waals surface area contributed by atoms with Crippen LogP contribution < -0.4 is 5.73 Å². The van der Waals surface area contributed by atoms with Gasteiger partial charge in [0, 0.05) is 5.39 Å². The molecule has 1 aromatic carbocycles. The first-order chi connectivity index (χ1) is 8.26. The molecular formula is C14H16ClFN2. The predicted molar refractivity (Wildman–Crippen MR) is 74.3 cm³/mol. The van der Waals surface area contributed by atoms with Crippen molar-refractivity contribution in [1.82, 2.24) is 4.98 Å². The van der Waals surface area contributed by atoms with Crippen LogP contribution >= 0.6 is 11.6 Å². The number of rotatable bonds is 1. The Balaban J connectivity index is 2.58. The van der Waals surface area contributed by atoms with Gasteiger partial charge in [0.2, 0.25) is 0 Å². The molecule has 0 bridgehead atoms. The third-order valence-corrected chi connectivity index (χ3v) is 2.96. The summed E-state index contributed by atoms with van der Waals surface area (Å²) in [6.07, 6.45) is 0.782. The highest BCUT2D eigenvalue weighted by Gasteiger charge is 2.14. The zero-order chi connectivity index (χ0) is 13.5. The Morgan fingerprint density at radius 3 is 2.56 bits per heavy atom. The van der Waals surface area contributed by atoms with Gasteiger partial charge in [-0.15, -0.1) is 0 Å². The highest BCUT2D eigenvalue weighted by Crippen LogP contribution is 2.28. The first-order valence-electron chi connectivity index (χ1n) is 5.80. The number of hydrogen-bond donors (Lipinski definition) is 1. The van der Waals surface area contributed by atoms with Gasteiger partial charge in [-0.1, -0.05) is 32.4 Å². The van der Waals surface area contributed by atoms with E-state index in [1.54, 1.807) is 6.07 Å². The second-order valence-electron chi connectivity index (χ2n) is 5.74. The van der Waals surface area contributed by atoms with Crippen molar-refractivity contribution in [2.24, 2.45) is 5.41 Å². The fraction of sp³-hybridized carbons (Fsp3) is 0.357. The van der Waals surface area contributed by atoms with E-state index in [-0.39, 0.29) is 22.1 Å². The van der Waals surface area contributed by atoms with E-state index in [1.165, 1.54) is 6.07 Å². The van der Waals surface area contributed by atoms with E-state index in [2.05, 4.69) is 25.8 Å². The van der Waals surface area contributed by atoms with Crippen molar-refractivity contribution in [3.05, 3.63) is 34.6 Å². The Morgan fingerprint density at radius 2 is 1.94 bits per heavy atom. The van der Waals surface area contributed by atoms with Crippen LogP contribution in [0.15, 0.2) is 18.2 Å². The molecule has 0 radical (unpaired) electrons. The van der Waals surface area contributed by atoms with Crippen LogP contribution in [0.25, 0.3) is 10.9 Å². The van der Waals surface area contributed by atoms with Gasteiger partial charge in [-0.3, -0.25) is 0 Å². The molecule has 0 saturated carbocycles. The maximum atomic E-state index is 14.0. The van der Waals surface area contributed by atoms with E-state index in [1.807, 2.05) is 6.07 Å². The summed E-state index contributed by atoms with van der Waals surface area (Å²) >= 11 is 5.85. The summed E-state index contributed by atoms with van der Waals surface area (Å²) in [6, 6.07) is 4.94. The molecular weight excluding hydrogens is 251 g/mol. The summed E-state index contributed by atoms with van der Waals surface area (Å²) in [5.41, 5.74) is 7.21. The van der Waals surface area contributed by atoms with E-state index in [9.17, 15) is 4.39 Å². The lowest BCUT2D eigenvalue weighted by molar-refractivity contribution is 0.410. The highest BCUT2D eigenvalue weighted by molar-refractivity contribution is 6.33. The number of halogens is 2. The number of anilines is 1. The van der Waals surface area contributed by atoms with Crippen molar-refractivity contribution in [3.63, 3.8) is 0 Å². The highest BCUT2D eigenvalue weighted by atomic mass is 35.5. The summed E-state index contributed by atoms with van der Waals surface area (Å²) in [5, 5.41) is 0.692. The smallest absolute Gasteiger partial charge is 0.142 e. The fourth-order valence-electron chi connectivity index (χ4n) is 1.99. The lowest BCUT2D eigenvalue weighted by atomic mass is 9.88. The molecule has 2 aromatic rings. The van der Waals surface area contributed by atoms with Gasteiger partial charge in [0.15, 0.2) is 0 Å².